The molecule has 138 valence electrons. The third-order valence-corrected chi connectivity index (χ3v) is 5.84. The molecular weight excluding hydrogens is 314 g/mol. The van der Waals surface area contributed by atoms with E-state index in [1.165, 1.54) is 19.3 Å². The maximum atomic E-state index is 13.1. The van der Waals surface area contributed by atoms with Gasteiger partial charge < -0.3 is 14.4 Å². The van der Waals surface area contributed by atoms with Crippen LogP contribution in [0.15, 0.2) is 18.2 Å². The number of ether oxygens (including phenoxy) is 2. The predicted molar refractivity (Wildman–Crippen MR) is 99.2 cm³/mol. The van der Waals surface area contributed by atoms with Gasteiger partial charge in [0.1, 0.15) is 11.5 Å². The summed E-state index contributed by atoms with van der Waals surface area (Å²) in [6.07, 6.45) is 8.84. The Kier molecular flexibility index (Phi) is 5.87. The van der Waals surface area contributed by atoms with Gasteiger partial charge in [0.15, 0.2) is 0 Å². The summed E-state index contributed by atoms with van der Waals surface area (Å²) in [5.74, 6) is 2.63. The van der Waals surface area contributed by atoms with E-state index in [1.54, 1.807) is 14.2 Å². The second-order valence-corrected chi connectivity index (χ2v) is 7.47. The van der Waals surface area contributed by atoms with Crippen LogP contribution in [0, 0.1) is 5.92 Å². The van der Waals surface area contributed by atoms with Gasteiger partial charge in [0.2, 0.25) is 5.91 Å². The second kappa shape index (κ2) is 8.11. The lowest BCUT2D eigenvalue weighted by molar-refractivity contribution is -0.134. The van der Waals surface area contributed by atoms with E-state index in [0.717, 1.165) is 48.7 Å². The first-order valence-corrected chi connectivity index (χ1v) is 9.68. The Morgan fingerprint density at radius 3 is 2.20 bits per heavy atom. The molecule has 3 rings (SSSR count). The van der Waals surface area contributed by atoms with Crippen molar-refractivity contribution in [1.82, 2.24) is 4.90 Å². The number of rotatable bonds is 7. The summed E-state index contributed by atoms with van der Waals surface area (Å²) < 4.78 is 10.8. The van der Waals surface area contributed by atoms with Crippen molar-refractivity contribution < 1.29 is 14.3 Å². The lowest BCUT2D eigenvalue weighted by atomic mass is 9.83. The van der Waals surface area contributed by atoms with E-state index < -0.39 is 0 Å². The highest BCUT2D eigenvalue weighted by Crippen LogP contribution is 2.37. The molecule has 2 saturated carbocycles. The van der Waals surface area contributed by atoms with Crippen LogP contribution in [-0.2, 0) is 11.2 Å². The summed E-state index contributed by atoms with van der Waals surface area (Å²) in [5.41, 5.74) is 0.916. The minimum Gasteiger partial charge on any atom is -0.497 e. The lowest BCUT2D eigenvalue weighted by Gasteiger charge is -2.37. The molecule has 0 saturated heterocycles. The topological polar surface area (TPSA) is 38.8 Å². The first-order valence-electron chi connectivity index (χ1n) is 9.68. The highest BCUT2D eigenvalue weighted by molar-refractivity contribution is 5.80. The molecule has 0 aliphatic heterocycles. The number of hydrogen-bond donors (Lipinski definition) is 0. The van der Waals surface area contributed by atoms with Gasteiger partial charge in [0, 0.05) is 17.6 Å². The van der Waals surface area contributed by atoms with E-state index in [1.807, 2.05) is 18.2 Å². The van der Waals surface area contributed by atoms with Crippen LogP contribution >= 0.6 is 0 Å². The van der Waals surface area contributed by atoms with Gasteiger partial charge in [-0.3, -0.25) is 4.79 Å². The third-order valence-electron chi connectivity index (χ3n) is 5.84. The Bertz CT molecular complexity index is 589. The predicted octanol–water partition coefficient (Wildman–Crippen LogP) is 4.21. The molecule has 1 amide bonds. The van der Waals surface area contributed by atoms with Crippen LogP contribution in [0.1, 0.15) is 57.4 Å². The van der Waals surface area contributed by atoms with E-state index in [9.17, 15) is 4.79 Å². The van der Waals surface area contributed by atoms with Gasteiger partial charge in [-0.2, -0.15) is 0 Å². The molecule has 0 spiro atoms. The standard InChI is InChI=1S/C21H31NO3/c1-4-15-5-7-17(8-6-15)22(18-9-10-18)21(23)14-16-13-19(24-2)11-12-20(16)25-3/h11-13,15,17-18H,4-10,14H2,1-3H3. The fourth-order valence-corrected chi connectivity index (χ4v) is 4.16. The maximum Gasteiger partial charge on any atom is 0.227 e. The smallest absolute Gasteiger partial charge is 0.227 e. The van der Waals surface area contributed by atoms with Crippen LogP contribution in [0.2, 0.25) is 0 Å². The summed E-state index contributed by atoms with van der Waals surface area (Å²) in [4.78, 5) is 15.4. The number of carbonyl (C=O) groups excluding carboxylic acids is 1. The van der Waals surface area contributed by atoms with Crippen molar-refractivity contribution in [3.05, 3.63) is 23.8 Å². The summed E-state index contributed by atoms with van der Waals surface area (Å²) in [6.45, 7) is 2.28. The SMILES string of the molecule is CCC1CCC(N(C(=O)Cc2cc(OC)ccc2OC)C2CC2)CC1. The Balaban J connectivity index is 1.72. The zero-order chi connectivity index (χ0) is 17.8. The summed E-state index contributed by atoms with van der Waals surface area (Å²) in [6, 6.07) is 6.58. The molecule has 25 heavy (non-hydrogen) atoms. The number of carbonyl (C=O) groups is 1. The molecule has 0 unspecified atom stereocenters. The van der Waals surface area contributed by atoms with Crippen LogP contribution in [0.25, 0.3) is 0 Å². The van der Waals surface area contributed by atoms with Crippen molar-refractivity contribution in [3.63, 3.8) is 0 Å². The van der Waals surface area contributed by atoms with Gasteiger partial charge in [0.05, 0.1) is 20.6 Å². The lowest BCUT2D eigenvalue weighted by Crippen LogP contribution is -2.44. The van der Waals surface area contributed by atoms with Crippen molar-refractivity contribution >= 4 is 5.91 Å². The van der Waals surface area contributed by atoms with Crippen molar-refractivity contribution in [2.24, 2.45) is 5.92 Å². The molecular formula is C21H31NO3. The first kappa shape index (κ1) is 18.1. The Labute approximate surface area is 151 Å². The van der Waals surface area contributed by atoms with Gasteiger partial charge >= 0.3 is 0 Å². The van der Waals surface area contributed by atoms with Gasteiger partial charge in [0.25, 0.3) is 0 Å². The minimum absolute atomic E-state index is 0.244. The normalized spacial score (nSPS) is 23.2. The van der Waals surface area contributed by atoms with Gasteiger partial charge in [-0.15, -0.1) is 0 Å². The van der Waals surface area contributed by atoms with Crippen LogP contribution in [0.3, 0.4) is 0 Å². The second-order valence-electron chi connectivity index (χ2n) is 7.47. The van der Waals surface area contributed by atoms with Crippen LogP contribution in [0.5, 0.6) is 11.5 Å². The molecule has 2 aliphatic rings. The molecule has 1 aromatic carbocycles. The van der Waals surface area contributed by atoms with Crippen LogP contribution < -0.4 is 9.47 Å². The Hall–Kier alpha value is -1.71. The number of nitrogens with zero attached hydrogens (tertiary/aromatic N) is 1. The molecule has 0 heterocycles. The Morgan fingerprint density at radius 2 is 1.68 bits per heavy atom. The quantitative estimate of drug-likeness (QED) is 0.743. The monoisotopic (exact) mass is 345 g/mol. The van der Waals surface area contributed by atoms with E-state index in [4.69, 9.17) is 9.47 Å². The van der Waals surface area contributed by atoms with Crippen LogP contribution in [-0.4, -0.2) is 37.1 Å². The highest BCUT2D eigenvalue weighted by Gasteiger charge is 2.38. The average Bonchev–Trinajstić information content (AvgIpc) is 3.47. The molecule has 0 aromatic heterocycles. The summed E-state index contributed by atoms with van der Waals surface area (Å²) in [5, 5.41) is 0. The molecule has 2 aliphatic carbocycles. The van der Waals surface area contributed by atoms with Gasteiger partial charge in [-0.05, 0) is 62.6 Å². The summed E-state index contributed by atoms with van der Waals surface area (Å²) in [7, 11) is 3.30. The molecule has 0 radical (unpaired) electrons. The largest absolute Gasteiger partial charge is 0.497 e. The van der Waals surface area contributed by atoms with Crippen LogP contribution in [0.4, 0.5) is 0 Å². The number of methoxy groups -OCH3 is 2. The first-order chi connectivity index (χ1) is 12.2. The maximum absolute atomic E-state index is 13.1. The van der Waals surface area contributed by atoms with Gasteiger partial charge in [-0.25, -0.2) is 0 Å². The van der Waals surface area contributed by atoms with Crippen molar-refractivity contribution in [1.29, 1.82) is 0 Å². The van der Waals surface area contributed by atoms with Gasteiger partial charge in [-0.1, -0.05) is 13.3 Å². The molecule has 0 atom stereocenters. The molecule has 0 bridgehead atoms. The molecule has 4 nitrogen and oxygen atoms in total. The van der Waals surface area contributed by atoms with E-state index in [-0.39, 0.29) is 5.91 Å². The zero-order valence-corrected chi connectivity index (χ0v) is 15.8. The fourth-order valence-electron chi connectivity index (χ4n) is 4.16. The van der Waals surface area contributed by atoms with E-state index in [0.29, 0.717) is 18.5 Å². The third kappa shape index (κ3) is 4.28. The number of amides is 1. The minimum atomic E-state index is 0.244. The Morgan fingerprint density at radius 1 is 1.04 bits per heavy atom. The van der Waals surface area contributed by atoms with Crippen molar-refractivity contribution in [2.45, 2.75) is 70.4 Å². The van der Waals surface area contributed by atoms with Crippen molar-refractivity contribution in [3.8, 4) is 11.5 Å². The van der Waals surface area contributed by atoms with E-state index in [2.05, 4.69) is 11.8 Å². The summed E-state index contributed by atoms with van der Waals surface area (Å²) >= 11 is 0. The molecule has 4 heteroatoms. The average molecular weight is 345 g/mol. The highest BCUT2D eigenvalue weighted by atomic mass is 16.5. The number of benzene rings is 1. The molecule has 1 aromatic rings. The molecule has 2 fully saturated rings. The zero-order valence-electron chi connectivity index (χ0n) is 15.8. The number of hydrogen-bond acceptors (Lipinski definition) is 3. The van der Waals surface area contributed by atoms with Crippen molar-refractivity contribution in [2.75, 3.05) is 14.2 Å². The fraction of sp³-hybridized carbons (Fsp3) is 0.667. The molecule has 0 N–H and O–H groups in total. The van der Waals surface area contributed by atoms with E-state index >= 15 is 0 Å².